The van der Waals surface area contributed by atoms with Gasteiger partial charge in [0.15, 0.2) is 0 Å². The topological polar surface area (TPSA) is 38.7 Å². The van der Waals surface area contributed by atoms with Crippen LogP contribution in [-0.4, -0.2) is 25.4 Å². The zero-order chi connectivity index (χ0) is 11.5. The number of methoxy groups -OCH3 is 2. The minimum absolute atomic E-state index is 0.225. The molecule has 1 aliphatic carbocycles. The maximum atomic E-state index is 9.89. The number of benzene rings is 1. The molecular weight excluding hydrogens is 204 g/mol. The molecule has 0 aromatic heterocycles. The molecule has 1 fully saturated rings. The molecule has 0 amide bonds. The van der Waals surface area contributed by atoms with Gasteiger partial charge < -0.3 is 14.6 Å². The quantitative estimate of drug-likeness (QED) is 0.853. The Bertz CT molecular complexity index is 340. The molecule has 16 heavy (non-hydrogen) atoms. The summed E-state index contributed by atoms with van der Waals surface area (Å²) in [4.78, 5) is 0. The molecule has 88 valence electrons. The molecule has 1 N–H and O–H groups in total. The van der Waals surface area contributed by atoms with E-state index in [0.29, 0.717) is 0 Å². The average Bonchev–Trinajstić information content (AvgIpc) is 2.74. The lowest BCUT2D eigenvalue weighted by Gasteiger charge is -2.16. The van der Waals surface area contributed by atoms with Crippen LogP contribution < -0.4 is 9.47 Å². The predicted octanol–water partition coefficient (Wildman–Crippen LogP) is 2.33. The first-order chi connectivity index (χ1) is 7.74. The summed E-state index contributed by atoms with van der Waals surface area (Å²) >= 11 is 0. The molecule has 0 spiro atoms. The summed E-state index contributed by atoms with van der Waals surface area (Å²) in [6.45, 7) is 0. The van der Waals surface area contributed by atoms with E-state index < -0.39 is 0 Å². The van der Waals surface area contributed by atoms with Crippen LogP contribution in [0.15, 0.2) is 18.2 Å². The van der Waals surface area contributed by atoms with Crippen LogP contribution in [0.5, 0.6) is 11.5 Å². The fourth-order valence-corrected chi connectivity index (χ4v) is 2.37. The highest BCUT2D eigenvalue weighted by Crippen LogP contribution is 2.37. The Kier molecular flexibility index (Phi) is 3.34. The van der Waals surface area contributed by atoms with E-state index in [4.69, 9.17) is 9.47 Å². The maximum absolute atomic E-state index is 9.89. The van der Waals surface area contributed by atoms with E-state index in [2.05, 4.69) is 0 Å². The second kappa shape index (κ2) is 4.74. The molecule has 0 bridgehead atoms. The van der Waals surface area contributed by atoms with Crippen molar-refractivity contribution in [3.05, 3.63) is 23.8 Å². The number of aliphatic hydroxyl groups is 1. The van der Waals surface area contributed by atoms with Crippen LogP contribution in [0, 0.1) is 0 Å². The van der Waals surface area contributed by atoms with Crippen LogP contribution in [-0.2, 0) is 0 Å². The third-order valence-corrected chi connectivity index (χ3v) is 3.28. The fraction of sp³-hybridized carbons (Fsp3) is 0.538. The standard InChI is InChI=1S/C13H18O3/c1-15-10-6-9(7-11(8-10)16-2)12-4-3-5-13(12)14/h6-8,12-14H,3-5H2,1-2H3. The first kappa shape index (κ1) is 11.3. The molecule has 0 radical (unpaired) electrons. The van der Waals surface area contributed by atoms with Gasteiger partial charge >= 0.3 is 0 Å². The largest absolute Gasteiger partial charge is 0.497 e. The number of hydrogen-bond acceptors (Lipinski definition) is 3. The van der Waals surface area contributed by atoms with Gasteiger partial charge in [0, 0.05) is 12.0 Å². The Balaban J connectivity index is 2.31. The van der Waals surface area contributed by atoms with E-state index in [-0.39, 0.29) is 12.0 Å². The molecule has 1 aliphatic rings. The molecular formula is C13H18O3. The predicted molar refractivity (Wildman–Crippen MR) is 62.1 cm³/mol. The summed E-state index contributed by atoms with van der Waals surface area (Å²) < 4.78 is 10.5. The summed E-state index contributed by atoms with van der Waals surface area (Å²) in [6.07, 6.45) is 2.80. The van der Waals surface area contributed by atoms with Crippen LogP contribution in [0.4, 0.5) is 0 Å². The number of aliphatic hydroxyl groups excluding tert-OH is 1. The smallest absolute Gasteiger partial charge is 0.122 e. The van der Waals surface area contributed by atoms with E-state index in [1.807, 2.05) is 18.2 Å². The van der Waals surface area contributed by atoms with Gasteiger partial charge in [-0.05, 0) is 30.5 Å². The lowest BCUT2D eigenvalue weighted by molar-refractivity contribution is 0.163. The fourth-order valence-electron chi connectivity index (χ4n) is 2.37. The van der Waals surface area contributed by atoms with Crippen molar-refractivity contribution in [3.63, 3.8) is 0 Å². The Morgan fingerprint density at radius 2 is 1.69 bits per heavy atom. The van der Waals surface area contributed by atoms with Gasteiger partial charge in [-0.25, -0.2) is 0 Å². The Morgan fingerprint density at radius 3 is 2.12 bits per heavy atom. The lowest BCUT2D eigenvalue weighted by Crippen LogP contribution is -2.11. The molecule has 1 aromatic rings. The summed E-state index contributed by atoms with van der Waals surface area (Å²) in [5, 5.41) is 9.89. The van der Waals surface area contributed by atoms with Gasteiger partial charge in [0.2, 0.25) is 0 Å². The van der Waals surface area contributed by atoms with E-state index >= 15 is 0 Å². The summed E-state index contributed by atoms with van der Waals surface area (Å²) in [7, 11) is 3.28. The summed E-state index contributed by atoms with van der Waals surface area (Å²) in [6, 6.07) is 5.83. The van der Waals surface area contributed by atoms with Crippen molar-refractivity contribution < 1.29 is 14.6 Å². The molecule has 0 heterocycles. The number of hydrogen-bond donors (Lipinski definition) is 1. The molecule has 2 unspecified atom stereocenters. The second-order valence-corrected chi connectivity index (χ2v) is 4.25. The highest BCUT2D eigenvalue weighted by atomic mass is 16.5. The number of rotatable bonds is 3. The third kappa shape index (κ3) is 2.14. The van der Waals surface area contributed by atoms with E-state index in [9.17, 15) is 5.11 Å². The van der Waals surface area contributed by atoms with E-state index in [1.165, 1.54) is 0 Å². The molecule has 0 aliphatic heterocycles. The first-order valence-corrected chi connectivity index (χ1v) is 5.65. The monoisotopic (exact) mass is 222 g/mol. The van der Waals surface area contributed by atoms with Crippen LogP contribution in [0.1, 0.15) is 30.7 Å². The van der Waals surface area contributed by atoms with Crippen LogP contribution >= 0.6 is 0 Å². The molecule has 2 atom stereocenters. The maximum Gasteiger partial charge on any atom is 0.122 e. The molecule has 1 saturated carbocycles. The van der Waals surface area contributed by atoms with Gasteiger partial charge in [-0.3, -0.25) is 0 Å². The van der Waals surface area contributed by atoms with Crippen molar-refractivity contribution in [1.82, 2.24) is 0 Å². The van der Waals surface area contributed by atoms with Gasteiger partial charge in [0.1, 0.15) is 11.5 Å². The second-order valence-electron chi connectivity index (χ2n) is 4.25. The van der Waals surface area contributed by atoms with Gasteiger partial charge in [-0.1, -0.05) is 6.42 Å². The lowest BCUT2D eigenvalue weighted by atomic mass is 9.95. The van der Waals surface area contributed by atoms with Crippen molar-refractivity contribution in [1.29, 1.82) is 0 Å². The van der Waals surface area contributed by atoms with Gasteiger partial charge in [-0.15, -0.1) is 0 Å². The van der Waals surface area contributed by atoms with Crippen molar-refractivity contribution in [3.8, 4) is 11.5 Å². The molecule has 3 nitrogen and oxygen atoms in total. The van der Waals surface area contributed by atoms with Crippen molar-refractivity contribution in [2.75, 3.05) is 14.2 Å². The van der Waals surface area contributed by atoms with Crippen molar-refractivity contribution in [2.24, 2.45) is 0 Å². The normalized spacial score (nSPS) is 24.4. The van der Waals surface area contributed by atoms with Crippen LogP contribution in [0.2, 0.25) is 0 Å². The molecule has 2 rings (SSSR count). The van der Waals surface area contributed by atoms with Crippen LogP contribution in [0.3, 0.4) is 0 Å². The minimum Gasteiger partial charge on any atom is -0.497 e. The van der Waals surface area contributed by atoms with Crippen molar-refractivity contribution in [2.45, 2.75) is 31.3 Å². The average molecular weight is 222 g/mol. The summed E-state index contributed by atoms with van der Waals surface area (Å²) in [5.74, 6) is 1.80. The highest BCUT2D eigenvalue weighted by molar-refractivity contribution is 5.40. The number of ether oxygens (including phenoxy) is 2. The van der Waals surface area contributed by atoms with Crippen molar-refractivity contribution >= 4 is 0 Å². The molecule has 1 aromatic carbocycles. The zero-order valence-electron chi connectivity index (χ0n) is 9.77. The van der Waals surface area contributed by atoms with E-state index in [1.54, 1.807) is 14.2 Å². The van der Waals surface area contributed by atoms with E-state index in [0.717, 1.165) is 36.3 Å². The Morgan fingerprint density at radius 1 is 1.06 bits per heavy atom. The first-order valence-electron chi connectivity index (χ1n) is 5.65. The molecule has 0 saturated heterocycles. The Hall–Kier alpha value is -1.22. The minimum atomic E-state index is -0.225. The summed E-state index contributed by atoms with van der Waals surface area (Å²) in [5.41, 5.74) is 1.11. The van der Waals surface area contributed by atoms with Gasteiger partial charge in [0.05, 0.1) is 20.3 Å². The zero-order valence-corrected chi connectivity index (χ0v) is 9.77. The van der Waals surface area contributed by atoms with Gasteiger partial charge in [0.25, 0.3) is 0 Å². The highest BCUT2D eigenvalue weighted by Gasteiger charge is 2.27. The SMILES string of the molecule is COc1cc(OC)cc(C2CCCC2O)c1. The van der Waals surface area contributed by atoms with Gasteiger partial charge in [-0.2, -0.15) is 0 Å². The molecule has 3 heteroatoms. The van der Waals surface area contributed by atoms with Crippen LogP contribution in [0.25, 0.3) is 0 Å². The Labute approximate surface area is 96.0 Å². The third-order valence-electron chi connectivity index (χ3n) is 3.28.